The van der Waals surface area contributed by atoms with Gasteiger partial charge in [-0.15, -0.1) is 11.8 Å². The molecule has 0 saturated heterocycles. The molecule has 0 radical (unpaired) electrons. The molecule has 10 heavy (non-hydrogen) atoms. The third kappa shape index (κ3) is 1.81. The van der Waals surface area contributed by atoms with Crippen molar-refractivity contribution in [3.05, 3.63) is 22.8 Å². The van der Waals surface area contributed by atoms with Crippen LogP contribution in [0.5, 0.6) is 0 Å². The molecule has 0 aliphatic carbocycles. The van der Waals surface area contributed by atoms with Crippen LogP contribution in [-0.4, -0.2) is 12.4 Å². The Labute approximate surface area is 66.1 Å². The van der Waals surface area contributed by atoms with Crippen LogP contribution < -0.4 is 0 Å². The highest BCUT2D eigenvalue weighted by Crippen LogP contribution is 2.22. The van der Waals surface area contributed by atoms with E-state index in [4.69, 9.17) is 4.74 Å². The van der Waals surface area contributed by atoms with Crippen LogP contribution in [0.15, 0.2) is 22.8 Å². The van der Waals surface area contributed by atoms with Gasteiger partial charge in [-0.2, -0.15) is 0 Å². The Kier molecular flexibility index (Phi) is 2.44. The number of hydrogen-bond acceptors (Lipinski definition) is 2. The van der Waals surface area contributed by atoms with Gasteiger partial charge in [-0.05, 0) is 32.3 Å². The van der Waals surface area contributed by atoms with Gasteiger partial charge < -0.3 is 4.74 Å². The molecule has 0 bridgehead atoms. The van der Waals surface area contributed by atoms with Crippen molar-refractivity contribution < 1.29 is 4.74 Å². The summed E-state index contributed by atoms with van der Waals surface area (Å²) in [4.78, 5) is 1.30. The summed E-state index contributed by atoms with van der Waals surface area (Å²) in [6.45, 7) is 4.03. The summed E-state index contributed by atoms with van der Waals surface area (Å²) in [7, 11) is 0. The Morgan fingerprint density at radius 3 is 2.80 bits per heavy atom. The van der Waals surface area contributed by atoms with E-state index in [2.05, 4.69) is 18.4 Å². The molecule has 1 unspecified atom stereocenters. The minimum absolute atomic E-state index is 0.243. The lowest BCUT2D eigenvalue weighted by Crippen LogP contribution is -2.07. The zero-order chi connectivity index (χ0) is 7.56. The first-order valence-electron chi connectivity index (χ1n) is 3.33. The van der Waals surface area contributed by atoms with Crippen molar-refractivity contribution in [2.75, 3.05) is 6.26 Å². The molecule has 0 aromatic rings. The fourth-order valence-electron chi connectivity index (χ4n) is 0.968. The molecule has 1 heterocycles. The fourth-order valence-corrected chi connectivity index (χ4v) is 1.58. The largest absolute Gasteiger partial charge is 0.491 e. The van der Waals surface area contributed by atoms with E-state index in [0.717, 1.165) is 5.76 Å². The van der Waals surface area contributed by atoms with Gasteiger partial charge in [0.2, 0.25) is 0 Å². The standard InChI is InChI=1S/C8H12OS/c1-6-4-8(10-3)5-7(2)9-6/h4-6H,1-3H3. The lowest BCUT2D eigenvalue weighted by Gasteiger charge is -2.17. The van der Waals surface area contributed by atoms with Crippen molar-refractivity contribution in [3.63, 3.8) is 0 Å². The third-order valence-electron chi connectivity index (χ3n) is 1.35. The van der Waals surface area contributed by atoms with Gasteiger partial charge in [0.05, 0.1) is 5.76 Å². The van der Waals surface area contributed by atoms with Crippen LogP contribution in [0.1, 0.15) is 13.8 Å². The normalized spacial score (nSPS) is 24.9. The van der Waals surface area contributed by atoms with E-state index in [1.165, 1.54) is 4.91 Å². The van der Waals surface area contributed by atoms with Crippen molar-refractivity contribution >= 4 is 11.8 Å². The van der Waals surface area contributed by atoms with E-state index in [-0.39, 0.29) is 6.10 Å². The van der Waals surface area contributed by atoms with Crippen molar-refractivity contribution in [1.29, 1.82) is 0 Å². The Morgan fingerprint density at radius 2 is 2.30 bits per heavy atom. The van der Waals surface area contributed by atoms with Crippen LogP contribution in [-0.2, 0) is 4.74 Å². The van der Waals surface area contributed by atoms with E-state index in [0.29, 0.717) is 0 Å². The van der Waals surface area contributed by atoms with E-state index < -0.39 is 0 Å². The lowest BCUT2D eigenvalue weighted by atomic mass is 10.3. The number of thioether (sulfide) groups is 1. The molecule has 0 N–H and O–H groups in total. The molecule has 0 saturated carbocycles. The number of allylic oxidation sites excluding steroid dienone is 2. The SMILES string of the molecule is CSC1=CC(C)OC(C)=C1. The monoisotopic (exact) mass is 156 g/mol. The van der Waals surface area contributed by atoms with E-state index >= 15 is 0 Å². The second-order valence-corrected chi connectivity index (χ2v) is 3.23. The number of ether oxygens (including phenoxy) is 1. The van der Waals surface area contributed by atoms with Gasteiger partial charge in [-0.3, -0.25) is 0 Å². The minimum atomic E-state index is 0.243. The maximum Gasteiger partial charge on any atom is 0.115 e. The number of rotatable bonds is 1. The highest BCUT2D eigenvalue weighted by molar-refractivity contribution is 8.02. The molecule has 2 heteroatoms. The molecule has 0 amide bonds. The van der Waals surface area contributed by atoms with Crippen molar-refractivity contribution in [3.8, 4) is 0 Å². The smallest absolute Gasteiger partial charge is 0.115 e. The molecule has 1 aliphatic rings. The Balaban J connectivity index is 2.72. The van der Waals surface area contributed by atoms with E-state index in [1.807, 2.05) is 13.8 Å². The summed E-state index contributed by atoms with van der Waals surface area (Å²) in [6.07, 6.45) is 6.50. The maximum atomic E-state index is 5.39. The molecule has 0 spiro atoms. The van der Waals surface area contributed by atoms with E-state index in [9.17, 15) is 0 Å². The average Bonchev–Trinajstić information content (AvgIpc) is 1.85. The predicted octanol–water partition coefficient (Wildman–Crippen LogP) is 2.56. The molecule has 1 rings (SSSR count). The van der Waals surface area contributed by atoms with Crippen LogP contribution in [0.3, 0.4) is 0 Å². The van der Waals surface area contributed by atoms with Crippen LogP contribution >= 0.6 is 11.8 Å². The summed E-state index contributed by atoms with van der Waals surface area (Å²) in [5.74, 6) is 1.01. The second-order valence-electron chi connectivity index (χ2n) is 2.35. The summed E-state index contributed by atoms with van der Waals surface area (Å²) < 4.78 is 5.39. The van der Waals surface area contributed by atoms with Crippen molar-refractivity contribution in [2.24, 2.45) is 0 Å². The summed E-state index contributed by atoms with van der Waals surface area (Å²) in [6, 6.07) is 0. The highest BCUT2D eigenvalue weighted by Gasteiger charge is 2.06. The van der Waals surface area contributed by atoms with Gasteiger partial charge in [0.1, 0.15) is 6.10 Å². The molecule has 1 aliphatic heterocycles. The Bertz CT molecular complexity index is 182. The molecule has 1 nitrogen and oxygen atoms in total. The van der Waals surface area contributed by atoms with Gasteiger partial charge in [-0.25, -0.2) is 0 Å². The highest BCUT2D eigenvalue weighted by atomic mass is 32.2. The summed E-state index contributed by atoms with van der Waals surface area (Å²) in [5.41, 5.74) is 0. The maximum absolute atomic E-state index is 5.39. The van der Waals surface area contributed by atoms with Gasteiger partial charge in [-0.1, -0.05) is 0 Å². The van der Waals surface area contributed by atoms with Gasteiger partial charge >= 0.3 is 0 Å². The topological polar surface area (TPSA) is 9.23 Å². The molecule has 0 fully saturated rings. The molecular formula is C8H12OS. The molecular weight excluding hydrogens is 144 g/mol. The van der Waals surface area contributed by atoms with E-state index in [1.54, 1.807) is 11.8 Å². The molecule has 0 aromatic heterocycles. The average molecular weight is 156 g/mol. The zero-order valence-corrected chi connectivity index (χ0v) is 7.37. The minimum Gasteiger partial charge on any atom is -0.491 e. The summed E-state index contributed by atoms with van der Waals surface area (Å²) in [5, 5.41) is 0. The van der Waals surface area contributed by atoms with Gasteiger partial charge in [0, 0.05) is 4.91 Å². The van der Waals surface area contributed by atoms with Crippen LogP contribution in [0.4, 0.5) is 0 Å². The fraction of sp³-hybridized carbons (Fsp3) is 0.500. The molecule has 0 aromatic carbocycles. The van der Waals surface area contributed by atoms with Crippen molar-refractivity contribution in [1.82, 2.24) is 0 Å². The Hall–Kier alpha value is -0.370. The summed E-state index contributed by atoms with van der Waals surface area (Å²) >= 11 is 1.76. The van der Waals surface area contributed by atoms with Crippen molar-refractivity contribution in [2.45, 2.75) is 20.0 Å². The van der Waals surface area contributed by atoms with Crippen LogP contribution in [0.2, 0.25) is 0 Å². The lowest BCUT2D eigenvalue weighted by molar-refractivity contribution is 0.167. The first-order chi connectivity index (χ1) is 4.72. The first-order valence-corrected chi connectivity index (χ1v) is 4.55. The predicted molar refractivity (Wildman–Crippen MR) is 45.9 cm³/mol. The van der Waals surface area contributed by atoms with Crippen LogP contribution in [0, 0.1) is 0 Å². The first kappa shape index (κ1) is 7.73. The number of hydrogen-bond donors (Lipinski definition) is 0. The molecule has 56 valence electrons. The quantitative estimate of drug-likeness (QED) is 0.577. The van der Waals surface area contributed by atoms with Gasteiger partial charge in [0.25, 0.3) is 0 Å². The van der Waals surface area contributed by atoms with Crippen LogP contribution in [0.25, 0.3) is 0 Å². The second kappa shape index (κ2) is 3.15. The third-order valence-corrected chi connectivity index (χ3v) is 2.08. The van der Waals surface area contributed by atoms with Gasteiger partial charge in [0.15, 0.2) is 0 Å². The Morgan fingerprint density at radius 1 is 1.60 bits per heavy atom. The zero-order valence-electron chi connectivity index (χ0n) is 6.55. The molecule has 1 atom stereocenters.